The van der Waals surface area contributed by atoms with Gasteiger partial charge in [0.25, 0.3) is 0 Å². The Hall–Kier alpha value is -1.40. The van der Waals surface area contributed by atoms with Crippen molar-refractivity contribution in [3.05, 3.63) is 24.3 Å². The minimum atomic E-state index is -0.838. The minimum absolute atomic E-state index is 0.151. The first-order valence-electron chi connectivity index (χ1n) is 5.57. The number of carbonyl (C=O) groups is 1. The molecule has 1 aromatic rings. The summed E-state index contributed by atoms with van der Waals surface area (Å²) in [6.07, 6.45) is 1.64. The zero-order chi connectivity index (χ0) is 13.4. The van der Waals surface area contributed by atoms with Gasteiger partial charge in [0.2, 0.25) is 5.91 Å². The monoisotopic (exact) mass is 270 g/mol. The highest BCUT2D eigenvalue weighted by Gasteiger charge is 2.06. The number of hydrogen-bond donors (Lipinski definition) is 2. The molecule has 5 nitrogen and oxygen atoms in total. The van der Waals surface area contributed by atoms with Gasteiger partial charge in [-0.2, -0.15) is 0 Å². The third-order valence-electron chi connectivity index (χ3n) is 2.23. The first-order chi connectivity index (χ1) is 8.63. The zero-order valence-electron chi connectivity index (χ0n) is 10.6. The van der Waals surface area contributed by atoms with Crippen LogP contribution in [0.25, 0.3) is 0 Å². The molecule has 0 aliphatic carbocycles. The van der Waals surface area contributed by atoms with Crippen LogP contribution in [0.5, 0.6) is 5.75 Å². The van der Waals surface area contributed by atoms with Crippen molar-refractivity contribution in [1.29, 1.82) is 0 Å². The molecule has 0 aromatic heterocycles. The van der Waals surface area contributed by atoms with E-state index in [9.17, 15) is 9.00 Å². The van der Waals surface area contributed by atoms with Crippen molar-refractivity contribution in [2.24, 2.45) is 0 Å². The molecule has 1 aromatic carbocycles. The summed E-state index contributed by atoms with van der Waals surface area (Å²) < 4.78 is 15.9. The quantitative estimate of drug-likeness (QED) is 0.712. The summed E-state index contributed by atoms with van der Waals surface area (Å²) in [5.41, 5.74) is 0.644. The molecule has 18 heavy (non-hydrogen) atoms. The van der Waals surface area contributed by atoms with Gasteiger partial charge in [0.1, 0.15) is 5.75 Å². The second-order valence-electron chi connectivity index (χ2n) is 3.70. The number of para-hydroxylation sites is 2. The molecule has 0 saturated carbocycles. The van der Waals surface area contributed by atoms with Crippen LogP contribution >= 0.6 is 0 Å². The molecule has 1 atom stereocenters. The van der Waals surface area contributed by atoms with E-state index in [-0.39, 0.29) is 12.5 Å². The number of nitrogens with one attached hydrogen (secondary N) is 2. The smallest absolute Gasteiger partial charge is 0.238 e. The molecule has 1 unspecified atom stereocenters. The molecule has 0 fully saturated rings. The summed E-state index contributed by atoms with van der Waals surface area (Å²) >= 11 is 0. The maximum absolute atomic E-state index is 11.6. The summed E-state index contributed by atoms with van der Waals surface area (Å²) in [5, 5.41) is 5.68. The number of benzene rings is 1. The number of methoxy groups -OCH3 is 1. The average molecular weight is 270 g/mol. The van der Waals surface area contributed by atoms with Crippen molar-refractivity contribution in [2.45, 2.75) is 0 Å². The van der Waals surface area contributed by atoms with Gasteiger partial charge in [0, 0.05) is 29.4 Å². The number of amides is 1. The molecule has 2 N–H and O–H groups in total. The highest BCUT2D eigenvalue weighted by atomic mass is 32.2. The molecular formula is C12H18N2O3S. The SMILES string of the molecule is COc1ccccc1NC(=O)CNCCS(C)=O. The lowest BCUT2D eigenvalue weighted by atomic mass is 10.3. The van der Waals surface area contributed by atoms with Gasteiger partial charge in [-0.1, -0.05) is 12.1 Å². The number of hydrogen-bond acceptors (Lipinski definition) is 4. The average Bonchev–Trinajstić information content (AvgIpc) is 2.35. The normalized spacial score (nSPS) is 11.9. The van der Waals surface area contributed by atoms with Crippen LogP contribution in [0, 0.1) is 0 Å². The van der Waals surface area contributed by atoms with Crippen LogP contribution in [0.2, 0.25) is 0 Å². The number of ether oxygens (including phenoxy) is 1. The van der Waals surface area contributed by atoms with E-state index in [1.54, 1.807) is 25.5 Å². The molecule has 100 valence electrons. The fourth-order valence-corrected chi connectivity index (χ4v) is 1.79. The number of carbonyl (C=O) groups excluding carboxylic acids is 1. The predicted molar refractivity (Wildman–Crippen MR) is 73.4 cm³/mol. The predicted octanol–water partition coefficient (Wildman–Crippen LogP) is 0.602. The van der Waals surface area contributed by atoms with E-state index >= 15 is 0 Å². The van der Waals surface area contributed by atoms with E-state index in [0.717, 1.165) is 0 Å². The van der Waals surface area contributed by atoms with Crippen LogP contribution in [0.1, 0.15) is 0 Å². The zero-order valence-corrected chi connectivity index (χ0v) is 11.4. The van der Waals surface area contributed by atoms with Gasteiger partial charge in [-0.3, -0.25) is 9.00 Å². The van der Waals surface area contributed by atoms with Crippen LogP contribution < -0.4 is 15.4 Å². The van der Waals surface area contributed by atoms with Crippen molar-refractivity contribution in [1.82, 2.24) is 5.32 Å². The highest BCUT2D eigenvalue weighted by Crippen LogP contribution is 2.22. The maximum atomic E-state index is 11.6. The number of anilines is 1. The van der Waals surface area contributed by atoms with Gasteiger partial charge in [-0.25, -0.2) is 0 Å². The second kappa shape index (κ2) is 7.84. The van der Waals surface area contributed by atoms with E-state index < -0.39 is 10.8 Å². The Morgan fingerprint density at radius 3 is 2.78 bits per heavy atom. The fourth-order valence-electron chi connectivity index (χ4n) is 1.36. The Kier molecular flexibility index (Phi) is 6.38. The summed E-state index contributed by atoms with van der Waals surface area (Å²) in [6, 6.07) is 7.22. The van der Waals surface area contributed by atoms with E-state index in [4.69, 9.17) is 4.74 Å². The summed E-state index contributed by atoms with van der Waals surface area (Å²) in [4.78, 5) is 11.6. The lowest BCUT2D eigenvalue weighted by Crippen LogP contribution is -2.30. The van der Waals surface area contributed by atoms with E-state index in [2.05, 4.69) is 10.6 Å². The van der Waals surface area contributed by atoms with Crippen LogP contribution in [0.3, 0.4) is 0 Å². The van der Waals surface area contributed by atoms with Gasteiger partial charge in [0.15, 0.2) is 0 Å². The molecule has 0 radical (unpaired) electrons. The molecular weight excluding hydrogens is 252 g/mol. The topological polar surface area (TPSA) is 67.4 Å². The molecule has 0 spiro atoms. The van der Waals surface area contributed by atoms with Crippen molar-refractivity contribution in [3.8, 4) is 5.75 Å². The Morgan fingerprint density at radius 1 is 1.39 bits per heavy atom. The van der Waals surface area contributed by atoms with Crippen molar-refractivity contribution in [3.63, 3.8) is 0 Å². The lowest BCUT2D eigenvalue weighted by molar-refractivity contribution is -0.115. The Balaban J connectivity index is 2.37. The molecule has 1 rings (SSSR count). The Labute approximate surface area is 109 Å². The molecule has 1 amide bonds. The largest absolute Gasteiger partial charge is 0.495 e. The second-order valence-corrected chi connectivity index (χ2v) is 5.26. The maximum Gasteiger partial charge on any atom is 0.238 e. The fraction of sp³-hybridized carbons (Fsp3) is 0.417. The van der Waals surface area contributed by atoms with Crippen molar-refractivity contribution < 1.29 is 13.7 Å². The molecule has 0 heterocycles. The van der Waals surface area contributed by atoms with Gasteiger partial charge in [0.05, 0.1) is 19.3 Å². The molecule has 0 aliphatic heterocycles. The van der Waals surface area contributed by atoms with Crippen LogP contribution in [-0.2, 0) is 15.6 Å². The third kappa shape index (κ3) is 5.29. The third-order valence-corrected chi connectivity index (χ3v) is 3.01. The molecule has 0 saturated heterocycles. The van der Waals surface area contributed by atoms with E-state index in [0.29, 0.717) is 23.7 Å². The first kappa shape index (κ1) is 14.7. The summed E-state index contributed by atoms with van der Waals surface area (Å²) in [6.45, 7) is 0.748. The molecule has 0 bridgehead atoms. The van der Waals surface area contributed by atoms with Gasteiger partial charge in [-0.05, 0) is 12.1 Å². The van der Waals surface area contributed by atoms with E-state index in [1.807, 2.05) is 12.1 Å². The molecule has 6 heteroatoms. The van der Waals surface area contributed by atoms with Crippen LogP contribution in [-0.4, -0.2) is 42.3 Å². The van der Waals surface area contributed by atoms with Crippen LogP contribution in [0.15, 0.2) is 24.3 Å². The highest BCUT2D eigenvalue weighted by molar-refractivity contribution is 7.84. The summed E-state index contributed by atoms with van der Waals surface area (Å²) in [7, 11) is 0.718. The lowest BCUT2D eigenvalue weighted by Gasteiger charge is -2.10. The Morgan fingerprint density at radius 2 is 2.11 bits per heavy atom. The first-order valence-corrected chi connectivity index (χ1v) is 7.30. The van der Waals surface area contributed by atoms with Crippen LogP contribution in [0.4, 0.5) is 5.69 Å². The van der Waals surface area contributed by atoms with Crippen molar-refractivity contribution in [2.75, 3.05) is 37.5 Å². The Bertz CT molecular complexity index is 424. The molecule has 0 aliphatic rings. The van der Waals surface area contributed by atoms with E-state index in [1.165, 1.54) is 0 Å². The standard InChI is InChI=1S/C12H18N2O3S/c1-17-11-6-4-3-5-10(11)14-12(15)9-13-7-8-18(2)16/h3-6,13H,7-9H2,1-2H3,(H,14,15). The van der Waals surface area contributed by atoms with Crippen molar-refractivity contribution >= 4 is 22.4 Å². The van der Waals surface area contributed by atoms with Gasteiger partial charge < -0.3 is 15.4 Å². The summed E-state index contributed by atoms with van der Waals surface area (Å²) in [5.74, 6) is 1.02. The van der Waals surface area contributed by atoms with Gasteiger partial charge in [-0.15, -0.1) is 0 Å². The number of rotatable bonds is 7. The van der Waals surface area contributed by atoms with Gasteiger partial charge >= 0.3 is 0 Å². The minimum Gasteiger partial charge on any atom is -0.495 e.